The molecule has 4 heteroatoms. The molecule has 1 heterocycles. The molecule has 1 atom stereocenters. The molecule has 0 bridgehead atoms. The average molecular weight is 330 g/mol. The fourth-order valence-electron chi connectivity index (χ4n) is 3.18. The number of hydrogen-bond acceptors (Lipinski definition) is 3. The number of nitrogens with zero attached hydrogens (tertiary/aromatic N) is 1. The molecule has 1 fully saturated rings. The quantitative estimate of drug-likeness (QED) is 0.775. The number of ether oxygens (including phenoxy) is 1. The lowest BCUT2D eigenvalue weighted by atomic mass is 10.0. The molecule has 0 aromatic heterocycles. The van der Waals surface area contributed by atoms with Crippen LogP contribution < -0.4 is 0 Å². The van der Waals surface area contributed by atoms with Crippen molar-refractivity contribution < 1.29 is 9.53 Å². The van der Waals surface area contributed by atoms with Crippen molar-refractivity contribution in [3.63, 3.8) is 0 Å². The molecule has 23 heavy (non-hydrogen) atoms. The number of methoxy groups -OCH3 is 1. The number of carbonyl (C=O) groups excluding carboxylic acids is 1. The Kier molecular flexibility index (Phi) is 4.99. The lowest BCUT2D eigenvalue weighted by molar-refractivity contribution is 0.0600. The van der Waals surface area contributed by atoms with Gasteiger partial charge in [-0.05, 0) is 54.8 Å². The van der Waals surface area contributed by atoms with E-state index in [4.69, 9.17) is 16.3 Å². The molecular formula is C19H20ClNO2. The number of hydrogen-bond donors (Lipinski definition) is 0. The molecule has 1 aliphatic rings. The highest BCUT2D eigenvalue weighted by Crippen LogP contribution is 2.33. The number of rotatable bonds is 4. The van der Waals surface area contributed by atoms with E-state index in [1.54, 1.807) is 0 Å². The second-order valence-electron chi connectivity index (χ2n) is 5.87. The van der Waals surface area contributed by atoms with Crippen LogP contribution in [0.15, 0.2) is 48.5 Å². The van der Waals surface area contributed by atoms with Gasteiger partial charge in [0, 0.05) is 17.6 Å². The minimum atomic E-state index is -0.295. The Morgan fingerprint density at radius 2 is 1.87 bits per heavy atom. The van der Waals surface area contributed by atoms with Crippen molar-refractivity contribution in [1.29, 1.82) is 0 Å². The predicted octanol–water partition coefficient (Wildman–Crippen LogP) is 4.46. The molecule has 1 aliphatic heterocycles. The fourth-order valence-corrected chi connectivity index (χ4v) is 3.30. The highest BCUT2D eigenvalue weighted by atomic mass is 35.5. The number of benzene rings is 2. The van der Waals surface area contributed by atoms with Crippen molar-refractivity contribution >= 4 is 17.6 Å². The predicted molar refractivity (Wildman–Crippen MR) is 91.6 cm³/mol. The van der Waals surface area contributed by atoms with E-state index in [9.17, 15) is 4.79 Å². The van der Waals surface area contributed by atoms with Crippen molar-refractivity contribution in [3.05, 3.63) is 70.2 Å². The Labute approximate surface area is 141 Å². The Bertz CT molecular complexity index is 667. The third kappa shape index (κ3) is 3.74. The highest BCUT2D eigenvalue weighted by molar-refractivity contribution is 6.30. The van der Waals surface area contributed by atoms with Gasteiger partial charge in [0.15, 0.2) is 0 Å². The van der Waals surface area contributed by atoms with Crippen LogP contribution in [-0.2, 0) is 11.3 Å². The molecule has 0 amide bonds. The summed E-state index contributed by atoms with van der Waals surface area (Å²) >= 11 is 5.99. The van der Waals surface area contributed by atoms with Crippen LogP contribution in [0.25, 0.3) is 0 Å². The lowest BCUT2D eigenvalue weighted by Crippen LogP contribution is -2.22. The Morgan fingerprint density at radius 3 is 2.52 bits per heavy atom. The van der Waals surface area contributed by atoms with Crippen molar-refractivity contribution in [2.75, 3.05) is 13.7 Å². The maximum absolute atomic E-state index is 11.5. The average Bonchev–Trinajstić information content (AvgIpc) is 3.03. The van der Waals surface area contributed by atoms with Gasteiger partial charge >= 0.3 is 5.97 Å². The monoisotopic (exact) mass is 329 g/mol. The molecule has 0 aliphatic carbocycles. The van der Waals surface area contributed by atoms with Crippen molar-refractivity contribution in [2.45, 2.75) is 25.4 Å². The summed E-state index contributed by atoms with van der Waals surface area (Å²) in [5.74, 6) is -0.295. The topological polar surface area (TPSA) is 29.5 Å². The molecule has 0 saturated carbocycles. The van der Waals surface area contributed by atoms with E-state index in [0.717, 1.165) is 18.1 Å². The molecule has 120 valence electrons. The summed E-state index contributed by atoms with van der Waals surface area (Å²) < 4.78 is 4.73. The van der Waals surface area contributed by atoms with Gasteiger partial charge in [-0.2, -0.15) is 0 Å². The highest BCUT2D eigenvalue weighted by Gasteiger charge is 2.25. The second kappa shape index (κ2) is 7.16. The van der Waals surface area contributed by atoms with Gasteiger partial charge < -0.3 is 4.74 Å². The number of halogens is 1. The van der Waals surface area contributed by atoms with Crippen LogP contribution in [0.5, 0.6) is 0 Å². The van der Waals surface area contributed by atoms with Crippen molar-refractivity contribution in [1.82, 2.24) is 4.90 Å². The van der Waals surface area contributed by atoms with Crippen molar-refractivity contribution in [2.24, 2.45) is 0 Å². The zero-order valence-electron chi connectivity index (χ0n) is 13.2. The van der Waals surface area contributed by atoms with E-state index in [-0.39, 0.29) is 5.97 Å². The molecule has 1 unspecified atom stereocenters. The standard InChI is InChI=1S/C19H20ClNO2/c1-23-19(22)16-6-4-14(5-7-16)13-21-12-2-3-18(21)15-8-10-17(20)11-9-15/h4-11,18H,2-3,12-13H2,1H3. The number of carbonyl (C=O) groups is 1. The molecular weight excluding hydrogens is 310 g/mol. The minimum absolute atomic E-state index is 0.295. The van der Waals surface area contributed by atoms with Gasteiger partial charge in [-0.1, -0.05) is 35.9 Å². The van der Waals surface area contributed by atoms with Crippen LogP contribution >= 0.6 is 11.6 Å². The Hall–Kier alpha value is -1.84. The van der Waals surface area contributed by atoms with Crippen LogP contribution in [0.4, 0.5) is 0 Å². The first-order valence-corrected chi connectivity index (χ1v) is 8.22. The van der Waals surface area contributed by atoms with Crippen LogP contribution in [0.2, 0.25) is 5.02 Å². The Morgan fingerprint density at radius 1 is 1.17 bits per heavy atom. The van der Waals surface area contributed by atoms with E-state index in [1.165, 1.54) is 31.1 Å². The Balaban J connectivity index is 1.71. The van der Waals surface area contributed by atoms with Crippen LogP contribution in [0.1, 0.15) is 40.4 Å². The van der Waals surface area contributed by atoms with E-state index in [1.807, 2.05) is 36.4 Å². The number of esters is 1. The van der Waals surface area contributed by atoms with Crippen molar-refractivity contribution in [3.8, 4) is 0 Å². The normalized spacial score (nSPS) is 18.1. The largest absolute Gasteiger partial charge is 0.465 e. The maximum atomic E-state index is 11.5. The zero-order chi connectivity index (χ0) is 16.2. The molecule has 2 aromatic rings. The first-order valence-electron chi connectivity index (χ1n) is 7.84. The molecule has 1 saturated heterocycles. The molecule has 0 N–H and O–H groups in total. The minimum Gasteiger partial charge on any atom is -0.465 e. The van der Waals surface area contributed by atoms with E-state index >= 15 is 0 Å². The summed E-state index contributed by atoms with van der Waals surface area (Å²) in [5.41, 5.74) is 3.11. The van der Waals surface area contributed by atoms with Gasteiger partial charge in [0.2, 0.25) is 0 Å². The van der Waals surface area contributed by atoms with Gasteiger partial charge in [-0.15, -0.1) is 0 Å². The van der Waals surface area contributed by atoms with Crippen LogP contribution in [0.3, 0.4) is 0 Å². The summed E-state index contributed by atoms with van der Waals surface area (Å²) in [6.07, 6.45) is 2.37. The SMILES string of the molecule is COC(=O)c1ccc(CN2CCCC2c2ccc(Cl)cc2)cc1. The molecule has 3 rings (SSSR count). The van der Waals surface area contributed by atoms with E-state index in [2.05, 4.69) is 17.0 Å². The van der Waals surface area contributed by atoms with Crippen LogP contribution in [0, 0.1) is 0 Å². The van der Waals surface area contributed by atoms with Gasteiger partial charge in [-0.25, -0.2) is 4.79 Å². The van der Waals surface area contributed by atoms with Gasteiger partial charge in [0.1, 0.15) is 0 Å². The van der Waals surface area contributed by atoms with E-state index in [0.29, 0.717) is 11.6 Å². The first kappa shape index (κ1) is 16.0. The zero-order valence-corrected chi connectivity index (χ0v) is 13.9. The molecule has 0 radical (unpaired) electrons. The number of likely N-dealkylation sites (tertiary alicyclic amines) is 1. The lowest BCUT2D eigenvalue weighted by Gasteiger charge is -2.25. The fraction of sp³-hybridized carbons (Fsp3) is 0.316. The summed E-state index contributed by atoms with van der Waals surface area (Å²) in [7, 11) is 1.40. The second-order valence-corrected chi connectivity index (χ2v) is 6.30. The third-order valence-electron chi connectivity index (χ3n) is 4.38. The van der Waals surface area contributed by atoms with Crippen LogP contribution in [-0.4, -0.2) is 24.5 Å². The van der Waals surface area contributed by atoms with Gasteiger partial charge in [0.05, 0.1) is 12.7 Å². The molecule has 0 spiro atoms. The molecule has 3 nitrogen and oxygen atoms in total. The summed E-state index contributed by atoms with van der Waals surface area (Å²) in [6.45, 7) is 1.97. The summed E-state index contributed by atoms with van der Waals surface area (Å²) in [5, 5.41) is 0.775. The van der Waals surface area contributed by atoms with E-state index < -0.39 is 0 Å². The third-order valence-corrected chi connectivity index (χ3v) is 4.63. The first-order chi connectivity index (χ1) is 11.2. The summed E-state index contributed by atoms with van der Waals surface area (Å²) in [6, 6.07) is 16.2. The van der Waals surface area contributed by atoms with Gasteiger partial charge in [-0.3, -0.25) is 4.90 Å². The molecule has 2 aromatic carbocycles. The van der Waals surface area contributed by atoms with Gasteiger partial charge in [0.25, 0.3) is 0 Å². The smallest absolute Gasteiger partial charge is 0.337 e. The summed E-state index contributed by atoms with van der Waals surface area (Å²) in [4.78, 5) is 14.0. The maximum Gasteiger partial charge on any atom is 0.337 e.